The summed E-state index contributed by atoms with van der Waals surface area (Å²) in [6.07, 6.45) is 0. The second kappa shape index (κ2) is 7.58. The third kappa shape index (κ3) is 3.38. The van der Waals surface area contributed by atoms with Gasteiger partial charge in [-0.25, -0.2) is 4.90 Å². The van der Waals surface area contributed by atoms with Crippen LogP contribution in [0.5, 0.6) is 5.75 Å². The molecule has 3 amide bonds. The molecule has 2 heterocycles. The summed E-state index contributed by atoms with van der Waals surface area (Å²) < 4.78 is 5.11. The van der Waals surface area contributed by atoms with Crippen molar-refractivity contribution in [2.45, 2.75) is 25.9 Å². The van der Waals surface area contributed by atoms with Gasteiger partial charge in [0.2, 0.25) is 5.91 Å². The molecule has 0 bridgehead atoms. The molecule has 2 aromatic rings. The van der Waals surface area contributed by atoms with Crippen molar-refractivity contribution < 1.29 is 19.1 Å². The van der Waals surface area contributed by atoms with Gasteiger partial charge in [0.05, 0.1) is 12.8 Å². The highest BCUT2D eigenvalue weighted by molar-refractivity contribution is 6.25. The van der Waals surface area contributed by atoms with Crippen LogP contribution in [0.4, 0.5) is 11.4 Å². The summed E-state index contributed by atoms with van der Waals surface area (Å²) in [5.74, 6) is -0.654. The van der Waals surface area contributed by atoms with E-state index in [4.69, 9.17) is 4.74 Å². The summed E-state index contributed by atoms with van der Waals surface area (Å²) in [7, 11) is 1.53. The Hall–Kier alpha value is -3.75. The molecule has 4 rings (SSSR count). The molecule has 154 valence electrons. The van der Waals surface area contributed by atoms with Crippen molar-refractivity contribution in [1.82, 2.24) is 5.01 Å². The first kappa shape index (κ1) is 19.6. The first-order valence-electron chi connectivity index (χ1n) is 9.45. The fraction of sp³-hybridized carbons (Fsp3) is 0.286. The van der Waals surface area contributed by atoms with Crippen molar-refractivity contribution in [3.05, 3.63) is 53.6 Å². The van der Waals surface area contributed by atoms with Crippen molar-refractivity contribution in [3.8, 4) is 5.75 Å². The molecule has 0 aromatic heterocycles. The Kier molecular flexibility index (Phi) is 4.94. The van der Waals surface area contributed by atoms with Crippen LogP contribution in [0.25, 0.3) is 0 Å². The zero-order valence-electron chi connectivity index (χ0n) is 16.8. The maximum Gasteiger partial charge on any atom is 0.263 e. The molecule has 1 saturated heterocycles. The van der Waals surface area contributed by atoms with E-state index in [-0.39, 0.29) is 12.5 Å². The van der Waals surface area contributed by atoms with E-state index in [1.807, 2.05) is 32.0 Å². The van der Waals surface area contributed by atoms with Gasteiger partial charge < -0.3 is 10.1 Å². The summed E-state index contributed by atoms with van der Waals surface area (Å²) in [5.41, 5.74) is 3.26. The summed E-state index contributed by atoms with van der Waals surface area (Å²) in [6, 6.07) is 10.3. The molecule has 1 fully saturated rings. The number of fused-ring (bicyclic) bond motifs is 1. The molecule has 0 saturated carbocycles. The lowest BCUT2D eigenvalue weighted by Gasteiger charge is -2.20. The van der Waals surface area contributed by atoms with Crippen LogP contribution in [0.2, 0.25) is 0 Å². The van der Waals surface area contributed by atoms with E-state index in [0.29, 0.717) is 17.1 Å². The lowest BCUT2D eigenvalue weighted by Crippen LogP contribution is -2.43. The second-order valence-corrected chi connectivity index (χ2v) is 7.25. The van der Waals surface area contributed by atoms with Gasteiger partial charge in [0.1, 0.15) is 12.3 Å². The molecule has 1 N–H and O–H groups in total. The fourth-order valence-electron chi connectivity index (χ4n) is 3.51. The number of amides is 3. The Morgan fingerprint density at radius 3 is 2.47 bits per heavy atom. The van der Waals surface area contributed by atoms with E-state index in [9.17, 15) is 14.4 Å². The first-order valence-corrected chi connectivity index (χ1v) is 9.45. The largest absolute Gasteiger partial charge is 0.497 e. The number of anilines is 2. The molecular formula is C21H21N5O4. The average molecular weight is 407 g/mol. The van der Waals surface area contributed by atoms with E-state index < -0.39 is 23.9 Å². The van der Waals surface area contributed by atoms with Crippen LogP contribution in [-0.4, -0.2) is 48.5 Å². The highest BCUT2D eigenvalue weighted by Gasteiger charge is 2.55. The minimum absolute atomic E-state index is 0.187. The Morgan fingerprint density at radius 1 is 1.07 bits per heavy atom. The summed E-state index contributed by atoms with van der Waals surface area (Å²) in [4.78, 5) is 39.3. The van der Waals surface area contributed by atoms with Crippen molar-refractivity contribution in [3.63, 3.8) is 0 Å². The molecule has 2 aliphatic heterocycles. The minimum atomic E-state index is -0.950. The maximum atomic E-state index is 13.0. The molecule has 2 aliphatic rings. The van der Waals surface area contributed by atoms with Gasteiger partial charge in [-0.2, -0.15) is 5.11 Å². The smallest absolute Gasteiger partial charge is 0.263 e. The van der Waals surface area contributed by atoms with Crippen LogP contribution in [-0.2, 0) is 14.4 Å². The number of carbonyl (C=O) groups is 3. The predicted molar refractivity (Wildman–Crippen MR) is 109 cm³/mol. The average Bonchev–Trinajstić information content (AvgIpc) is 3.24. The summed E-state index contributed by atoms with van der Waals surface area (Å²) in [6.45, 7) is 3.76. The molecule has 2 atom stereocenters. The molecule has 9 heteroatoms. The monoisotopic (exact) mass is 407 g/mol. The third-order valence-corrected chi connectivity index (χ3v) is 5.28. The standard InChI is InChI=1S/C21H21N5O4/c1-12-4-5-14(10-13(12)2)22-17(27)11-25-19-18(23-24-25)20(28)26(21(19)29)15-6-8-16(30-3)9-7-15/h4-10,18-19H,11H2,1-3H3,(H,22,27)/t18-,19-/m0/s1. The Morgan fingerprint density at radius 2 is 1.80 bits per heavy atom. The zero-order valence-corrected chi connectivity index (χ0v) is 16.8. The van der Waals surface area contributed by atoms with Gasteiger partial charge in [-0.1, -0.05) is 11.3 Å². The number of hydrogen-bond acceptors (Lipinski definition) is 7. The van der Waals surface area contributed by atoms with Crippen LogP contribution in [0.3, 0.4) is 0 Å². The predicted octanol–water partition coefficient (Wildman–Crippen LogP) is 2.24. The van der Waals surface area contributed by atoms with Crippen LogP contribution in [0.1, 0.15) is 11.1 Å². The summed E-state index contributed by atoms with van der Waals surface area (Å²) in [5, 5.41) is 11.9. The van der Waals surface area contributed by atoms with Gasteiger partial charge in [-0.05, 0) is 61.4 Å². The molecular weight excluding hydrogens is 386 g/mol. The van der Waals surface area contributed by atoms with Crippen LogP contribution in [0.15, 0.2) is 52.8 Å². The quantitative estimate of drug-likeness (QED) is 0.766. The van der Waals surface area contributed by atoms with Gasteiger partial charge in [-0.3, -0.25) is 19.4 Å². The molecule has 0 aliphatic carbocycles. The highest BCUT2D eigenvalue weighted by Crippen LogP contribution is 2.32. The number of nitrogens with one attached hydrogen (secondary N) is 1. The van der Waals surface area contributed by atoms with Crippen molar-refractivity contribution in [1.29, 1.82) is 0 Å². The Bertz CT molecular complexity index is 1050. The normalized spacial score (nSPS) is 20.0. The van der Waals surface area contributed by atoms with Crippen molar-refractivity contribution in [2.75, 3.05) is 23.9 Å². The number of methoxy groups -OCH3 is 1. The van der Waals surface area contributed by atoms with Crippen LogP contribution in [0, 0.1) is 13.8 Å². The van der Waals surface area contributed by atoms with Gasteiger partial charge in [0.15, 0.2) is 12.1 Å². The molecule has 0 spiro atoms. The van der Waals surface area contributed by atoms with Crippen LogP contribution >= 0.6 is 0 Å². The number of carbonyl (C=O) groups excluding carboxylic acids is 3. The van der Waals surface area contributed by atoms with E-state index in [1.165, 1.54) is 12.1 Å². The lowest BCUT2D eigenvalue weighted by molar-refractivity contribution is -0.123. The zero-order chi connectivity index (χ0) is 21.4. The molecule has 0 unspecified atom stereocenters. The Balaban J connectivity index is 1.47. The second-order valence-electron chi connectivity index (χ2n) is 7.25. The summed E-state index contributed by atoms with van der Waals surface area (Å²) >= 11 is 0. The highest BCUT2D eigenvalue weighted by atomic mass is 16.5. The number of imide groups is 1. The number of nitrogens with zero attached hydrogens (tertiary/aromatic N) is 4. The number of ether oxygens (including phenoxy) is 1. The van der Waals surface area contributed by atoms with Gasteiger partial charge in [0.25, 0.3) is 11.8 Å². The molecule has 30 heavy (non-hydrogen) atoms. The first-order chi connectivity index (χ1) is 14.4. The van der Waals surface area contributed by atoms with Crippen LogP contribution < -0.4 is 15.0 Å². The number of aryl methyl sites for hydroxylation is 2. The van der Waals surface area contributed by atoms with Gasteiger partial charge in [0, 0.05) is 5.69 Å². The van der Waals surface area contributed by atoms with Crippen molar-refractivity contribution >= 4 is 29.1 Å². The molecule has 0 radical (unpaired) electrons. The molecule has 2 aromatic carbocycles. The Labute approximate surface area is 173 Å². The fourth-order valence-corrected chi connectivity index (χ4v) is 3.51. The van der Waals surface area contributed by atoms with Crippen molar-refractivity contribution in [2.24, 2.45) is 10.3 Å². The topological polar surface area (TPSA) is 104 Å². The van der Waals surface area contributed by atoms with E-state index in [0.717, 1.165) is 16.0 Å². The molecule has 9 nitrogen and oxygen atoms in total. The van der Waals surface area contributed by atoms with Gasteiger partial charge >= 0.3 is 0 Å². The number of rotatable bonds is 5. The number of benzene rings is 2. The van der Waals surface area contributed by atoms with E-state index in [1.54, 1.807) is 24.3 Å². The third-order valence-electron chi connectivity index (χ3n) is 5.28. The lowest BCUT2D eigenvalue weighted by atomic mass is 10.1. The van der Waals surface area contributed by atoms with E-state index >= 15 is 0 Å². The van der Waals surface area contributed by atoms with Gasteiger partial charge in [-0.15, -0.1) is 0 Å². The maximum absolute atomic E-state index is 13.0. The van der Waals surface area contributed by atoms with E-state index in [2.05, 4.69) is 15.7 Å². The SMILES string of the molecule is COc1ccc(N2C(=O)[C@H]3N=NN(CC(=O)Nc4ccc(C)c(C)c4)[C@@H]3C2=O)cc1. The minimum Gasteiger partial charge on any atom is -0.497 e. The number of hydrogen-bond donors (Lipinski definition) is 1.